The van der Waals surface area contributed by atoms with E-state index in [1.807, 2.05) is 4.90 Å². The Hall–Kier alpha value is -0.548. The molecule has 0 aromatic rings. The molecule has 0 aromatic carbocycles. The van der Waals surface area contributed by atoms with Gasteiger partial charge in [0.1, 0.15) is 0 Å². The van der Waals surface area contributed by atoms with Crippen LogP contribution in [0.4, 0.5) is 4.79 Å². The van der Waals surface area contributed by atoms with Crippen molar-refractivity contribution < 1.29 is 9.22 Å². The van der Waals surface area contributed by atoms with E-state index >= 15 is 0 Å². The van der Waals surface area contributed by atoms with Gasteiger partial charge in [0.2, 0.25) is 7.85 Å². The van der Waals surface area contributed by atoms with Gasteiger partial charge in [-0.1, -0.05) is 32.9 Å². The molecule has 3 aliphatic rings. The number of carbonyl (C=O) groups is 1. The van der Waals surface area contributed by atoms with E-state index in [0.717, 1.165) is 6.54 Å². The second-order valence-electron chi connectivity index (χ2n) is 8.82. The van der Waals surface area contributed by atoms with Crippen LogP contribution < -0.4 is 0 Å². The average molecular weight is 317 g/mol. The van der Waals surface area contributed by atoms with Crippen molar-refractivity contribution in [3.8, 4) is 0 Å². The number of likely N-dealkylation sites (tertiary alicyclic amines) is 1. The summed E-state index contributed by atoms with van der Waals surface area (Å²) in [6.07, 6.45) is 5.97. The van der Waals surface area contributed by atoms with E-state index in [1.165, 1.54) is 6.42 Å². The number of fused-ring (bicyclic) bond motifs is 5. The zero-order valence-corrected chi connectivity index (χ0v) is 15.5. The van der Waals surface area contributed by atoms with Crippen molar-refractivity contribution in [3.63, 3.8) is 0 Å². The summed E-state index contributed by atoms with van der Waals surface area (Å²) in [6.45, 7) is 12.8. The van der Waals surface area contributed by atoms with E-state index < -0.39 is 8.32 Å². The smallest absolute Gasteiger partial charge is 0.200 e. The van der Waals surface area contributed by atoms with Crippen LogP contribution in [0.1, 0.15) is 27.2 Å². The molecule has 5 atom stereocenters. The quantitative estimate of drug-likeness (QED) is 0.590. The van der Waals surface area contributed by atoms with Crippen molar-refractivity contribution in [2.75, 3.05) is 13.2 Å². The molecule has 1 saturated heterocycles. The van der Waals surface area contributed by atoms with Crippen LogP contribution in [-0.4, -0.2) is 46.1 Å². The summed E-state index contributed by atoms with van der Waals surface area (Å²) in [5, 5.41) is 0.192. The normalized spacial score (nSPS) is 37.0. The molecule has 0 spiro atoms. The molecule has 5 heteroatoms. The first-order valence-corrected chi connectivity index (χ1v) is 11.4. The van der Waals surface area contributed by atoms with E-state index in [1.54, 1.807) is 0 Å². The number of carbonyl (C=O) groups excluding carboxylic acids is 1. The van der Waals surface area contributed by atoms with Gasteiger partial charge in [0.15, 0.2) is 14.1 Å². The molecule has 2 fully saturated rings. The van der Waals surface area contributed by atoms with E-state index in [-0.39, 0.29) is 16.9 Å². The Morgan fingerprint density at radius 2 is 1.95 bits per heavy atom. The van der Waals surface area contributed by atoms with Gasteiger partial charge in [-0.15, -0.1) is 0 Å². The molecule has 22 heavy (non-hydrogen) atoms. The molecule has 4 unspecified atom stereocenters. The Kier molecular flexibility index (Phi) is 3.88. The molecule has 1 aliphatic heterocycles. The van der Waals surface area contributed by atoms with Crippen LogP contribution in [0.3, 0.4) is 0 Å². The zero-order valence-electron chi connectivity index (χ0n) is 14.5. The molecule has 3 nitrogen and oxygen atoms in total. The van der Waals surface area contributed by atoms with Crippen molar-refractivity contribution in [1.82, 2.24) is 4.90 Å². The Morgan fingerprint density at radius 3 is 2.55 bits per heavy atom. The Bertz CT molecular complexity index is 499. The van der Waals surface area contributed by atoms with Crippen LogP contribution in [-0.2, 0) is 4.43 Å². The van der Waals surface area contributed by atoms with Gasteiger partial charge in [0.05, 0.1) is 12.6 Å². The topological polar surface area (TPSA) is 29.5 Å². The second kappa shape index (κ2) is 5.23. The van der Waals surface area contributed by atoms with Gasteiger partial charge in [-0.2, -0.15) is 0 Å². The minimum Gasteiger partial charge on any atom is -0.415 e. The summed E-state index contributed by atoms with van der Waals surface area (Å²) in [7, 11) is 3.85. The summed E-state index contributed by atoms with van der Waals surface area (Å²) >= 11 is 0. The lowest BCUT2D eigenvalue weighted by atomic mass is 9.82. The summed E-state index contributed by atoms with van der Waals surface area (Å²) in [5.41, 5.74) is 0. The fourth-order valence-electron chi connectivity index (χ4n) is 4.33. The SMILES string of the molecule is [B]C(=O)N1CC2C3C=CC(C3)C2[C@H]1CO[Si](C)(C)C(C)(C)C. The summed E-state index contributed by atoms with van der Waals surface area (Å²) in [4.78, 5) is 13.8. The van der Waals surface area contributed by atoms with Gasteiger partial charge in [-0.25, -0.2) is 0 Å². The van der Waals surface area contributed by atoms with Crippen molar-refractivity contribution in [2.45, 2.75) is 51.4 Å². The van der Waals surface area contributed by atoms with Gasteiger partial charge in [-0.3, -0.25) is 4.79 Å². The first kappa shape index (κ1) is 16.3. The fraction of sp³-hybridized carbons (Fsp3) is 0.824. The summed E-state index contributed by atoms with van der Waals surface area (Å²) < 4.78 is 6.44. The highest BCUT2D eigenvalue weighted by atomic mass is 28.4. The number of allylic oxidation sites excluding steroid dienone is 2. The molecule has 2 aliphatic carbocycles. The van der Waals surface area contributed by atoms with Gasteiger partial charge in [-0.05, 0) is 48.2 Å². The molecular formula is C17H28BNO2Si. The van der Waals surface area contributed by atoms with E-state index in [4.69, 9.17) is 12.3 Å². The summed E-state index contributed by atoms with van der Waals surface area (Å²) in [6, 6.07) is 0.163. The molecule has 2 bridgehead atoms. The fourth-order valence-corrected chi connectivity index (χ4v) is 5.35. The first-order chi connectivity index (χ1) is 10.1. The van der Waals surface area contributed by atoms with Gasteiger partial charge < -0.3 is 9.33 Å². The third kappa shape index (κ3) is 2.50. The third-order valence-electron chi connectivity index (χ3n) is 6.64. The van der Waals surface area contributed by atoms with Crippen LogP contribution in [0, 0.1) is 23.7 Å². The summed E-state index contributed by atoms with van der Waals surface area (Å²) in [5.74, 6) is 2.13. The zero-order chi connectivity index (χ0) is 16.3. The standard InChI is InChI=1S/C17H28BNO2Si/c1-17(2,3)22(4,5)21-10-14-15-12-7-6-11(8-12)13(15)9-19(14)16(18)20/h6-7,11-15H,8-10H2,1-5H3/t11?,12?,13?,14-,15?/m1/s1. The average Bonchev–Trinajstić information content (AvgIpc) is 3.06. The number of rotatable bonds is 3. The van der Waals surface area contributed by atoms with Gasteiger partial charge in [0, 0.05) is 6.54 Å². The number of hydrogen-bond acceptors (Lipinski definition) is 2. The Morgan fingerprint density at radius 1 is 1.32 bits per heavy atom. The van der Waals surface area contributed by atoms with Crippen LogP contribution in [0.2, 0.25) is 18.1 Å². The Balaban J connectivity index is 1.75. The molecule has 120 valence electrons. The molecule has 1 saturated carbocycles. The number of hydrogen-bond donors (Lipinski definition) is 0. The maximum absolute atomic E-state index is 11.9. The van der Waals surface area contributed by atoms with Gasteiger partial charge >= 0.3 is 0 Å². The minimum atomic E-state index is -1.80. The predicted octanol–water partition coefficient (Wildman–Crippen LogP) is 3.42. The highest BCUT2D eigenvalue weighted by molar-refractivity contribution is 6.74. The van der Waals surface area contributed by atoms with Gasteiger partial charge in [0.25, 0.3) is 0 Å². The molecule has 1 heterocycles. The number of amides is 1. The lowest BCUT2D eigenvalue weighted by molar-refractivity contribution is 0.147. The molecule has 1 amide bonds. The van der Waals surface area contributed by atoms with Crippen LogP contribution in [0.25, 0.3) is 0 Å². The number of nitrogens with zero attached hydrogens (tertiary/aromatic N) is 1. The maximum atomic E-state index is 11.9. The van der Waals surface area contributed by atoms with E-state index in [0.29, 0.717) is 30.3 Å². The molecule has 3 rings (SSSR count). The highest BCUT2D eigenvalue weighted by Gasteiger charge is 2.55. The lowest BCUT2D eigenvalue weighted by Crippen LogP contribution is -2.47. The van der Waals surface area contributed by atoms with E-state index in [2.05, 4.69) is 46.0 Å². The second-order valence-corrected chi connectivity index (χ2v) is 13.6. The lowest BCUT2D eigenvalue weighted by Gasteiger charge is -2.39. The molecule has 2 radical (unpaired) electrons. The highest BCUT2D eigenvalue weighted by Crippen LogP contribution is 2.54. The molecule has 0 N–H and O–H groups in total. The van der Waals surface area contributed by atoms with Crippen molar-refractivity contribution in [3.05, 3.63) is 12.2 Å². The first-order valence-electron chi connectivity index (χ1n) is 8.50. The van der Waals surface area contributed by atoms with Crippen molar-refractivity contribution in [1.29, 1.82) is 0 Å². The predicted molar refractivity (Wildman–Crippen MR) is 92.5 cm³/mol. The van der Waals surface area contributed by atoms with Crippen LogP contribution in [0.5, 0.6) is 0 Å². The largest absolute Gasteiger partial charge is 0.415 e. The minimum absolute atomic E-state index is 0.163. The monoisotopic (exact) mass is 317 g/mol. The maximum Gasteiger partial charge on any atom is 0.200 e. The molecule has 0 aromatic heterocycles. The Labute approximate surface area is 137 Å². The van der Waals surface area contributed by atoms with Crippen molar-refractivity contribution >= 4 is 22.0 Å². The third-order valence-corrected chi connectivity index (χ3v) is 11.1. The van der Waals surface area contributed by atoms with E-state index in [9.17, 15) is 4.79 Å². The molecular weight excluding hydrogens is 289 g/mol. The van der Waals surface area contributed by atoms with Crippen LogP contribution >= 0.6 is 0 Å². The van der Waals surface area contributed by atoms with Crippen molar-refractivity contribution in [2.24, 2.45) is 23.7 Å². The van der Waals surface area contributed by atoms with Crippen LogP contribution in [0.15, 0.2) is 12.2 Å².